The van der Waals surface area contributed by atoms with Crippen LogP contribution in [-0.4, -0.2) is 6.04 Å². The second-order valence-corrected chi connectivity index (χ2v) is 5.02. The van der Waals surface area contributed by atoms with E-state index in [9.17, 15) is 9.59 Å². The second kappa shape index (κ2) is 6.23. The van der Waals surface area contributed by atoms with Gasteiger partial charge in [0, 0.05) is 12.6 Å². The maximum Gasteiger partial charge on any atom is 0.253 e. The van der Waals surface area contributed by atoms with Crippen molar-refractivity contribution in [2.75, 3.05) is 10.6 Å². The third-order valence-corrected chi connectivity index (χ3v) is 3.47. The topological polar surface area (TPSA) is 82.0 Å². The van der Waals surface area contributed by atoms with Crippen molar-refractivity contribution in [3.8, 4) is 6.07 Å². The van der Waals surface area contributed by atoms with Gasteiger partial charge in [-0.2, -0.15) is 5.26 Å². The molecule has 1 atom stereocenters. The Morgan fingerprint density at radius 3 is 2.33 bits per heavy atom. The van der Waals surface area contributed by atoms with Gasteiger partial charge in [-0.25, -0.2) is 0 Å². The number of hydrogen-bond acceptors (Lipinski definition) is 5. The fraction of sp³-hybridized carbons (Fsp3) is 0.312. The van der Waals surface area contributed by atoms with Crippen LogP contribution >= 0.6 is 0 Å². The molecule has 2 aromatic carbocycles. The molecule has 5 nitrogen and oxygen atoms in total. The molecule has 0 radical (unpaired) electrons. The summed E-state index contributed by atoms with van der Waals surface area (Å²) >= 11 is 0. The minimum Gasteiger partial charge on any atom is -0.378 e. The van der Waals surface area contributed by atoms with Crippen LogP contribution in [0.4, 0.5) is 11.4 Å². The number of nitrogens with one attached hydrogen (secondary N) is 2. The molecule has 0 bridgehead atoms. The maximum atomic E-state index is 11.6. The molecule has 0 aliphatic heterocycles. The number of anilines is 2. The van der Waals surface area contributed by atoms with Gasteiger partial charge in [-0.1, -0.05) is 19.1 Å². The van der Waals surface area contributed by atoms with E-state index in [-0.39, 0.29) is 6.04 Å². The molecule has 2 aromatic rings. The van der Waals surface area contributed by atoms with Crippen LogP contribution in [0.1, 0.15) is 31.4 Å². The highest BCUT2D eigenvalue weighted by Crippen LogP contribution is 2.17. The van der Waals surface area contributed by atoms with Crippen molar-refractivity contribution in [2.24, 2.45) is 0 Å². The van der Waals surface area contributed by atoms with E-state index in [1.165, 1.54) is 0 Å². The van der Waals surface area contributed by atoms with E-state index < -0.39 is 10.9 Å². The van der Waals surface area contributed by atoms with Crippen LogP contribution < -0.4 is 21.5 Å². The van der Waals surface area contributed by atoms with Gasteiger partial charge in [-0.15, -0.1) is 0 Å². The predicted octanol–water partition coefficient (Wildman–Crippen LogP) is 1.98. The van der Waals surface area contributed by atoms with Gasteiger partial charge >= 0.3 is 0 Å². The Kier molecular flexibility index (Phi) is 4.39. The van der Waals surface area contributed by atoms with Gasteiger partial charge in [0.1, 0.15) is 11.4 Å². The molecule has 2 rings (SSSR count). The van der Waals surface area contributed by atoms with Gasteiger partial charge in [0.05, 0.1) is 11.6 Å². The lowest BCUT2D eigenvalue weighted by atomic mass is 10.1. The predicted molar refractivity (Wildman–Crippen MR) is 83.2 cm³/mol. The van der Waals surface area contributed by atoms with E-state index in [4.69, 9.17) is 5.26 Å². The summed E-state index contributed by atoms with van der Waals surface area (Å²) in [5, 5.41) is 14.8. The molecule has 21 heavy (non-hydrogen) atoms. The van der Waals surface area contributed by atoms with E-state index in [2.05, 4.69) is 16.7 Å². The summed E-state index contributed by atoms with van der Waals surface area (Å²) in [6, 6.07) is 9.27. The molecule has 2 N–H and O–H groups in total. The van der Waals surface area contributed by atoms with E-state index in [0.717, 1.165) is 12.0 Å². The van der Waals surface area contributed by atoms with Gasteiger partial charge in [0.15, 0.2) is 0 Å². The van der Waals surface area contributed by atoms with Crippen LogP contribution in [0.2, 0.25) is 0 Å². The molecule has 0 heterocycles. The standard InChI is InChI=1S/C16H17N3O2/c1-3-10(2)19-14-13(15(20)16(14)21)18-9-12-6-4-11(8-17)5-7-12/h4-7,10,18-19H,3,9H2,1-2H3/t10-/m1/s1. The van der Waals surface area contributed by atoms with Crippen LogP contribution in [0.3, 0.4) is 0 Å². The van der Waals surface area contributed by atoms with Gasteiger partial charge in [-0.3, -0.25) is 9.59 Å². The molecule has 0 aliphatic rings. The summed E-state index contributed by atoms with van der Waals surface area (Å²) in [5.41, 5.74) is 1.32. The SMILES string of the molecule is CC[C@@H](C)Nc1c(NCc2ccc(C#N)cc2)c(=O)c1=O. The molecule has 108 valence electrons. The van der Waals surface area contributed by atoms with Crippen molar-refractivity contribution in [3.05, 3.63) is 55.8 Å². The van der Waals surface area contributed by atoms with E-state index >= 15 is 0 Å². The van der Waals surface area contributed by atoms with Crippen molar-refractivity contribution in [1.82, 2.24) is 0 Å². The Balaban J connectivity index is 2.06. The van der Waals surface area contributed by atoms with Crippen molar-refractivity contribution >= 4 is 11.4 Å². The number of nitriles is 1. The highest BCUT2D eigenvalue weighted by Gasteiger charge is 2.21. The minimum absolute atomic E-state index is 0.142. The Morgan fingerprint density at radius 2 is 1.76 bits per heavy atom. The Morgan fingerprint density at radius 1 is 1.14 bits per heavy atom. The van der Waals surface area contributed by atoms with Crippen LogP contribution in [-0.2, 0) is 6.54 Å². The van der Waals surface area contributed by atoms with E-state index in [0.29, 0.717) is 23.5 Å². The highest BCUT2D eigenvalue weighted by molar-refractivity contribution is 5.74. The zero-order chi connectivity index (χ0) is 15.4. The lowest BCUT2D eigenvalue weighted by molar-refractivity contribution is 0.761. The average molecular weight is 283 g/mol. The molecule has 0 amide bonds. The summed E-state index contributed by atoms with van der Waals surface area (Å²) < 4.78 is 0. The molecule has 0 unspecified atom stereocenters. The maximum absolute atomic E-state index is 11.6. The molecule has 0 aromatic heterocycles. The summed E-state index contributed by atoms with van der Waals surface area (Å²) in [7, 11) is 0. The molecule has 0 aliphatic carbocycles. The van der Waals surface area contributed by atoms with Crippen LogP contribution in [0.15, 0.2) is 33.9 Å². The smallest absolute Gasteiger partial charge is 0.253 e. The Bertz CT molecular complexity index is 734. The molecular formula is C16H17N3O2. The summed E-state index contributed by atoms with van der Waals surface area (Å²) in [6.45, 7) is 4.40. The van der Waals surface area contributed by atoms with Gasteiger partial charge in [-0.05, 0) is 31.0 Å². The quantitative estimate of drug-likeness (QED) is 0.792. The number of hydrogen-bond donors (Lipinski definition) is 2. The lowest BCUT2D eigenvalue weighted by Crippen LogP contribution is -2.38. The fourth-order valence-electron chi connectivity index (χ4n) is 1.93. The molecule has 5 heteroatoms. The van der Waals surface area contributed by atoms with Crippen molar-refractivity contribution in [3.63, 3.8) is 0 Å². The third-order valence-electron chi connectivity index (χ3n) is 3.47. The molecule has 0 saturated heterocycles. The Labute approximate surface area is 122 Å². The summed E-state index contributed by atoms with van der Waals surface area (Å²) in [4.78, 5) is 23.2. The average Bonchev–Trinajstić information content (AvgIpc) is 2.53. The van der Waals surface area contributed by atoms with Crippen molar-refractivity contribution in [1.29, 1.82) is 5.26 Å². The molecule has 0 spiro atoms. The largest absolute Gasteiger partial charge is 0.378 e. The molecular weight excluding hydrogens is 266 g/mol. The zero-order valence-electron chi connectivity index (χ0n) is 12.1. The van der Waals surface area contributed by atoms with E-state index in [1.54, 1.807) is 12.1 Å². The minimum atomic E-state index is -0.477. The first kappa shape index (κ1) is 14.8. The van der Waals surface area contributed by atoms with Gasteiger partial charge in [0.2, 0.25) is 0 Å². The van der Waals surface area contributed by atoms with Crippen LogP contribution in [0.5, 0.6) is 0 Å². The summed E-state index contributed by atoms with van der Waals surface area (Å²) in [5.74, 6) is 0. The van der Waals surface area contributed by atoms with Crippen LogP contribution in [0, 0.1) is 11.3 Å². The van der Waals surface area contributed by atoms with Gasteiger partial charge in [0.25, 0.3) is 10.9 Å². The first-order valence-electron chi connectivity index (χ1n) is 6.89. The second-order valence-electron chi connectivity index (χ2n) is 5.02. The Hall–Kier alpha value is -2.61. The highest BCUT2D eigenvalue weighted by atomic mass is 16.2. The van der Waals surface area contributed by atoms with Gasteiger partial charge < -0.3 is 10.6 Å². The number of benzene rings is 1. The zero-order valence-corrected chi connectivity index (χ0v) is 12.1. The van der Waals surface area contributed by atoms with E-state index in [1.807, 2.05) is 26.0 Å². The first-order valence-corrected chi connectivity index (χ1v) is 6.89. The molecule has 0 saturated carbocycles. The first-order chi connectivity index (χ1) is 10.1. The number of nitrogens with zero attached hydrogens (tertiary/aromatic N) is 1. The van der Waals surface area contributed by atoms with Crippen molar-refractivity contribution in [2.45, 2.75) is 32.9 Å². The monoisotopic (exact) mass is 283 g/mol. The normalized spacial score (nSPS) is 11.9. The summed E-state index contributed by atoms with van der Waals surface area (Å²) in [6.07, 6.45) is 0.869. The fourth-order valence-corrected chi connectivity index (χ4v) is 1.93. The molecule has 0 fully saturated rings. The van der Waals surface area contributed by atoms with Crippen LogP contribution in [0.25, 0.3) is 0 Å². The number of rotatable bonds is 6. The third kappa shape index (κ3) is 3.11. The lowest BCUT2D eigenvalue weighted by Gasteiger charge is -2.18. The van der Waals surface area contributed by atoms with Crippen molar-refractivity contribution < 1.29 is 0 Å².